The lowest BCUT2D eigenvalue weighted by Crippen LogP contribution is -2.18. The van der Waals surface area contributed by atoms with Crippen LogP contribution in [0.3, 0.4) is 0 Å². The smallest absolute Gasteiger partial charge is 0.188 e. The monoisotopic (exact) mass is 303 g/mol. The average Bonchev–Trinajstić information content (AvgIpc) is 2.58. The van der Waals surface area contributed by atoms with E-state index in [0.29, 0.717) is 6.79 Å². The zero-order valence-corrected chi connectivity index (χ0v) is 14.3. The summed E-state index contributed by atoms with van der Waals surface area (Å²) in [5.41, 5.74) is 1.42. The maximum atomic E-state index is 5.47. The van der Waals surface area contributed by atoms with E-state index in [1.807, 2.05) is 0 Å². The zero-order chi connectivity index (χ0) is 15.6. The molecule has 1 fully saturated rings. The van der Waals surface area contributed by atoms with Crippen molar-refractivity contribution in [3.8, 4) is 5.75 Å². The maximum Gasteiger partial charge on any atom is 0.188 e. The Bertz CT molecular complexity index is 393. The molecule has 22 heavy (non-hydrogen) atoms. The summed E-state index contributed by atoms with van der Waals surface area (Å²) >= 11 is 0. The van der Waals surface area contributed by atoms with Crippen LogP contribution in [0.5, 0.6) is 5.75 Å². The minimum Gasteiger partial charge on any atom is -0.468 e. The van der Waals surface area contributed by atoms with Crippen molar-refractivity contribution in [2.45, 2.75) is 64.7 Å². The van der Waals surface area contributed by atoms with Gasteiger partial charge in [0.05, 0.1) is 0 Å². The SMILES string of the molecule is CCCC[C](Cc1ccc(OCOC)cc1)C1CCCCC1. The zero-order valence-electron chi connectivity index (χ0n) is 14.3. The molecule has 0 atom stereocenters. The first-order valence-corrected chi connectivity index (χ1v) is 8.88. The molecule has 0 aromatic heterocycles. The normalized spacial score (nSPS) is 16.1. The van der Waals surface area contributed by atoms with Gasteiger partial charge in [-0.2, -0.15) is 0 Å². The van der Waals surface area contributed by atoms with Crippen molar-refractivity contribution in [3.05, 3.63) is 35.7 Å². The molecular formula is C20H31O2. The van der Waals surface area contributed by atoms with Crippen molar-refractivity contribution in [3.63, 3.8) is 0 Å². The highest BCUT2D eigenvalue weighted by Crippen LogP contribution is 2.36. The molecule has 0 spiro atoms. The molecule has 0 heterocycles. The van der Waals surface area contributed by atoms with Gasteiger partial charge in [0, 0.05) is 7.11 Å². The molecule has 1 aliphatic carbocycles. The fourth-order valence-corrected chi connectivity index (χ4v) is 3.44. The van der Waals surface area contributed by atoms with Crippen LogP contribution in [0.25, 0.3) is 0 Å². The summed E-state index contributed by atoms with van der Waals surface area (Å²) in [7, 11) is 1.65. The Morgan fingerprint density at radius 2 is 1.82 bits per heavy atom. The van der Waals surface area contributed by atoms with E-state index >= 15 is 0 Å². The summed E-state index contributed by atoms with van der Waals surface area (Å²) < 4.78 is 10.4. The van der Waals surface area contributed by atoms with Crippen LogP contribution in [0.2, 0.25) is 0 Å². The number of hydrogen-bond donors (Lipinski definition) is 0. The van der Waals surface area contributed by atoms with Crippen molar-refractivity contribution in [1.82, 2.24) is 0 Å². The Hall–Kier alpha value is -1.02. The predicted octanol–water partition coefficient (Wildman–Crippen LogP) is 5.56. The van der Waals surface area contributed by atoms with Gasteiger partial charge in [0.15, 0.2) is 6.79 Å². The highest BCUT2D eigenvalue weighted by atomic mass is 16.7. The first-order valence-electron chi connectivity index (χ1n) is 8.88. The van der Waals surface area contributed by atoms with Gasteiger partial charge in [-0.05, 0) is 55.2 Å². The molecular weight excluding hydrogens is 272 g/mol. The molecule has 1 aromatic carbocycles. The molecule has 1 aromatic rings. The van der Waals surface area contributed by atoms with Gasteiger partial charge in [-0.3, -0.25) is 0 Å². The van der Waals surface area contributed by atoms with E-state index in [1.54, 1.807) is 13.0 Å². The summed E-state index contributed by atoms with van der Waals surface area (Å²) in [6, 6.07) is 8.54. The van der Waals surface area contributed by atoms with Crippen LogP contribution in [-0.2, 0) is 11.2 Å². The summed E-state index contributed by atoms with van der Waals surface area (Å²) in [5.74, 6) is 3.54. The van der Waals surface area contributed by atoms with Crippen molar-refractivity contribution in [1.29, 1.82) is 0 Å². The van der Waals surface area contributed by atoms with E-state index in [9.17, 15) is 0 Å². The standard InChI is InChI=1S/C20H31O2/c1-3-4-8-19(18-9-6-5-7-10-18)15-17-11-13-20(14-12-17)22-16-21-2/h11-14,18H,3-10,15-16H2,1-2H3. The van der Waals surface area contributed by atoms with E-state index in [0.717, 1.165) is 18.1 Å². The molecule has 0 N–H and O–H groups in total. The first kappa shape index (κ1) is 17.3. The quantitative estimate of drug-likeness (QED) is 0.556. The van der Waals surface area contributed by atoms with E-state index in [1.165, 1.54) is 56.9 Å². The van der Waals surface area contributed by atoms with Gasteiger partial charge in [0.25, 0.3) is 0 Å². The molecule has 123 valence electrons. The molecule has 1 saturated carbocycles. The number of rotatable bonds is 9. The van der Waals surface area contributed by atoms with Crippen molar-refractivity contribution in [2.75, 3.05) is 13.9 Å². The molecule has 2 rings (SSSR count). The van der Waals surface area contributed by atoms with Crippen LogP contribution >= 0.6 is 0 Å². The topological polar surface area (TPSA) is 18.5 Å². The fourth-order valence-electron chi connectivity index (χ4n) is 3.44. The lowest BCUT2D eigenvalue weighted by molar-refractivity contribution is 0.0511. The second kappa shape index (κ2) is 9.89. The average molecular weight is 303 g/mol. The number of methoxy groups -OCH3 is 1. The van der Waals surface area contributed by atoms with Crippen LogP contribution in [0.15, 0.2) is 24.3 Å². The van der Waals surface area contributed by atoms with E-state index in [-0.39, 0.29) is 0 Å². The van der Waals surface area contributed by atoms with E-state index in [4.69, 9.17) is 9.47 Å². The minimum absolute atomic E-state index is 0.315. The second-order valence-electron chi connectivity index (χ2n) is 6.47. The van der Waals surface area contributed by atoms with Crippen molar-refractivity contribution >= 4 is 0 Å². The third kappa shape index (κ3) is 5.64. The molecule has 0 aliphatic heterocycles. The molecule has 1 aliphatic rings. The van der Waals surface area contributed by atoms with Crippen molar-refractivity contribution < 1.29 is 9.47 Å². The fraction of sp³-hybridized carbons (Fsp3) is 0.650. The van der Waals surface area contributed by atoms with Gasteiger partial charge >= 0.3 is 0 Å². The Morgan fingerprint density at radius 1 is 1.09 bits per heavy atom. The number of ether oxygens (including phenoxy) is 2. The first-order chi connectivity index (χ1) is 10.8. The molecule has 2 nitrogen and oxygen atoms in total. The lowest BCUT2D eigenvalue weighted by Gasteiger charge is -2.30. The third-order valence-corrected chi connectivity index (χ3v) is 4.73. The summed E-state index contributed by atoms with van der Waals surface area (Å²) in [6.45, 7) is 2.61. The lowest BCUT2D eigenvalue weighted by atomic mass is 9.75. The summed E-state index contributed by atoms with van der Waals surface area (Å²) in [6.07, 6.45) is 12.2. The maximum absolute atomic E-state index is 5.47. The summed E-state index contributed by atoms with van der Waals surface area (Å²) in [4.78, 5) is 0. The number of unbranched alkanes of at least 4 members (excludes halogenated alkanes) is 1. The van der Waals surface area contributed by atoms with Crippen molar-refractivity contribution in [2.24, 2.45) is 5.92 Å². The molecule has 0 saturated heterocycles. The highest BCUT2D eigenvalue weighted by Gasteiger charge is 2.23. The third-order valence-electron chi connectivity index (χ3n) is 4.73. The Morgan fingerprint density at radius 3 is 2.45 bits per heavy atom. The van der Waals surface area contributed by atoms with Gasteiger partial charge in [-0.15, -0.1) is 0 Å². The van der Waals surface area contributed by atoms with Crippen LogP contribution in [-0.4, -0.2) is 13.9 Å². The van der Waals surface area contributed by atoms with Gasteiger partial charge in [0.2, 0.25) is 0 Å². The van der Waals surface area contributed by atoms with Crippen LogP contribution < -0.4 is 4.74 Å². The largest absolute Gasteiger partial charge is 0.468 e. The van der Waals surface area contributed by atoms with Crippen LogP contribution in [0.1, 0.15) is 63.9 Å². The number of benzene rings is 1. The van der Waals surface area contributed by atoms with Gasteiger partial charge in [-0.25, -0.2) is 0 Å². The van der Waals surface area contributed by atoms with Gasteiger partial charge in [0.1, 0.15) is 5.75 Å². The Labute approximate surface area is 136 Å². The molecule has 2 heteroatoms. The predicted molar refractivity (Wildman–Crippen MR) is 92.0 cm³/mol. The Balaban J connectivity index is 1.93. The van der Waals surface area contributed by atoms with Crippen LogP contribution in [0.4, 0.5) is 0 Å². The highest BCUT2D eigenvalue weighted by molar-refractivity contribution is 5.29. The molecule has 1 radical (unpaired) electrons. The van der Waals surface area contributed by atoms with E-state index < -0.39 is 0 Å². The second-order valence-corrected chi connectivity index (χ2v) is 6.47. The minimum atomic E-state index is 0.315. The van der Waals surface area contributed by atoms with Gasteiger partial charge < -0.3 is 9.47 Å². The summed E-state index contributed by atoms with van der Waals surface area (Å²) in [5, 5.41) is 0. The molecule has 0 bridgehead atoms. The molecule has 0 unspecified atom stereocenters. The Kier molecular flexibility index (Phi) is 7.79. The number of hydrogen-bond acceptors (Lipinski definition) is 2. The van der Waals surface area contributed by atoms with E-state index in [2.05, 4.69) is 31.2 Å². The van der Waals surface area contributed by atoms with Gasteiger partial charge in [-0.1, -0.05) is 51.2 Å². The van der Waals surface area contributed by atoms with Crippen LogP contribution in [0, 0.1) is 11.8 Å². The molecule has 0 amide bonds.